The summed E-state index contributed by atoms with van der Waals surface area (Å²) in [6, 6.07) is 11.2. The highest BCUT2D eigenvalue weighted by molar-refractivity contribution is 5.98. The van der Waals surface area contributed by atoms with E-state index in [2.05, 4.69) is 26.3 Å². The number of aromatic amines is 1. The van der Waals surface area contributed by atoms with Crippen LogP contribution in [0, 0.1) is 23.0 Å². The Bertz CT molecular complexity index is 1540. The van der Waals surface area contributed by atoms with Gasteiger partial charge in [0.2, 0.25) is 5.90 Å². The van der Waals surface area contributed by atoms with Gasteiger partial charge < -0.3 is 24.5 Å². The largest absolute Gasteiger partial charge is 0.490 e. The SMILES string of the molecule is CC(C)Oc1ccc(-c2c[nH]c3nccc(Oc4c(F)cc(NCC5=NCCCO5)cc4F)c23)cc1C#N. The average molecular weight is 518 g/mol. The molecule has 1 aliphatic heterocycles. The van der Waals surface area contributed by atoms with E-state index in [1.165, 1.54) is 12.3 Å². The number of hydrogen-bond acceptors (Lipinski definition) is 7. The molecule has 2 aromatic heterocycles. The highest BCUT2D eigenvalue weighted by Gasteiger charge is 2.19. The van der Waals surface area contributed by atoms with Crippen LogP contribution in [0.5, 0.6) is 17.2 Å². The van der Waals surface area contributed by atoms with Crippen molar-refractivity contribution in [2.45, 2.75) is 26.4 Å². The summed E-state index contributed by atoms with van der Waals surface area (Å²) in [6.07, 6.45) is 3.95. The van der Waals surface area contributed by atoms with E-state index in [1.807, 2.05) is 13.8 Å². The molecule has 3 heterocycles. The topological polar surface area (TPSA) is 105 Å². The first-order valence-corrected chi connectivity index (χ1v) is 12.2. The number of halogens is 2. The van der Waals surface area contributed by atoms with Gasteiger partial charge in [-0.05, 0) is 37.6 Å². The van der Waals surface area contributed by atoms with Gasteiger partial charge in [-0.15, -0.1) is 0 Å². The minimum atomic E-state index is -0.872. The van der Waals surface area contributed by atoms with Crippen LogP contribution in [0.15, 0.2) is 53.8 Å². The summed E-state index contributed by atoms with van der Waals surface area (Å²) in [5, 5.41) is 13.1. The molecule has 0 bridgehead atoms. The van der Waals surface area contributed by atoms with Gasteiger partial charge in [0.1, 0.15) is 23.2 Å². The van der Waals surface area contributed by atoms with Crippen LogP contribution in [0.25, 0.3) is 22.2 Å². The maximum atomic E-state index is 15.0. The van der Waals surface area contributed by atoms with Gasteiger partial charge in [0.05, 0.1) is 30.2 Å². The Hall–Kier alpha value is -4.65. The predicted octanol–water partition coefficient (Wildman–Crippen LogP) is 6.19. The number of nitrogens with one attached hydrogen (secondary N) is 2. The first kappa shape index (κ1) is 25.0. The van der Waals surface area contributed by atoms with Crippen LogP contribution in [0.4, 0.5) is 14.5 Å². The van der Waals surface area contributed by atoms with E-state index in [0.29, 0.717) is 52.5 Å². The standard InChI is InChI=1S/C28H25F2N5O3/c1-16(2)37-23-5-4-17(10-18(23)13-31)20-14-35-28-26(20)24(6-8-33-28)38-27-21(29)11-19(12-22(27)30)34-15-25-32-7-3-9-36-25/h4-6,8,10-12,14,16,34H,3,7,9,15H2,1-2H3,(H,33,35). The van der Waals surface area contributed by atoms with Crippen molar-refractivity contribution in [2.75, 3.05) is 25.0 Å². The second-order valence-electron chi connectivity index (χ2n) is 8.93. The molecular formula is C28H25F2N5O3. The Morgan fingerprint density at radius 2 is 1.97 bits per heavy atom. The molecule has 38 heavy (non-hydrogen) atoms. The molecule has 0 saturated heterocycles. The number of fused-ring (bicyclic) bond motifs is 1. The number of rotatable bonds is 8. The maximum Gasteiger partial charge on any atom is 0.203 e. The zero-order valence-corrected chi connectivity index (χ0v) is 20.8. The molecule has 2 N–H and O–H groups in total. The summed E-state index contributed by atoms with van der Waals surface area (Å²) in [5.41, 5.74) is 2.41. The van der Waals surface area contributed by atoms with Crippen LogP contribution in [-0.2, 0) is 4.74 Å². The lowest BCUT2D eigenvalue weighted by molar-refractivity contribution is 0.242. The van der Waals surface area contributed by atoms with Crippen LogP contribution in [0.3, 0.4) is 0 Å². The molecule has 5 rings (SSSR count). The Morgan fingerprint density at radius 1 is 1.16 bits per heavy atom. The van der Waals surface area contributed by atoms with Crippen molar-refractivity contribution in [3.05, 3.63) is 66.0 Å². The Labute approximate surface area is 217 Å². The minimum Gasteiger partial charge on any atom is -0.490 e. The normalized spacial score (nSPS) is 13.1. The van der Waals surface area contributed by atoms with Crippen LogP contribution < -0.4 is 14.8 Å². The third-order valence-corrected chi connectivity index (χ3v) is 5.82. The number of hydrogen-bond donors (Lipinski definition) is 2. The quantitative estimate of drug-likeness (QED) is 0.289. The zero-order chi connectivity index (χ0) is 26.6. The van der Waals surface area contributed by atoms with E-state index in [0.717, 1.165) is 18.6 Å². The lowest BCUT2D eigenvalue weighted by Gasteiger charge is -2.16. The average Bonchev–Trinajstić information content (AvgIpc) is 3.35. The number of aromatic nitrogens is 2. The van der Waals surface area contributed by atoms with Crippen molar-refractivity contribution in [3.8, 4) is 34.4 Å². The summed E-state index contributed by atoms with van der Waals surface area (Å²) in [6.45, 7) is 5.23. The van der Waals surface area contributed by atoms with E-state index in [1.54, 1.807) is 24.4 Å². The van der Waals surface area contributed by atoms with Crippen LogP contribution in [-0.4, -0.2) is 41.7 Å². The van der Waals surface area contributed by atoms with Crippen molar-refractivity contribution in [2.24, 2.45) is 4.99 Å². The smallest absolute Gasteiger partial charge is 0.203 e. The van der Waals surface area contributed by atoms with E-state index in [9.17, 15) is 5.26 Å². The fourth-order valence-corrected chi connectivity index (χ4v) is 4.14. The molecule has 4 aromatic rings. The fraction of sp³-hybridized carbons (Fsp3) is 0.250. The summed E-state index contributed by atoms with van der Waals surface area (Å²) >= 11 is 0. The number of benzene rings is 2. The molecular weight excluding hydrogens is 492 g/mol. The molecule has 0 atom stereocenters. The second kappa shape index (κ2) is 10.8. The van der Waals surface area contributed by atoms with E-state index < -0.39 is 17.4 Å². The van der Waals surface area contributed by atoms with Gasteiger partial charge in [0.25, 0.3) is 0 Å². The van der Waals surface area contributed by atoms with Gasteiger partial charge in [-0.25, -0.2) is 13.8 Å². The van der Waals surface area contributed by atoms with Gasteiger partial charge in [-0.2, -0.15) is 5.26 Å². The summed E-state index contributed by atoms with van der Waals surface area (Å²) < 4.78 is 47.0. The van der Waals surface area contributed by atoms with Gasteiger partial charge in [0, 0.05) is 48.7 Å². The number of aliphatic imine (C=N–C) groups is 1. The lowest BCUT2D eigenvalue weighted by atomic mass is 10.0. The minimum absolute atomic E-state index is 0.0917. The van der Waals surface area contributed by atoms with Gasteiger partial charge in [-0.3, -0.25) is 4.99 Å². The van der Waals surface area contributed by atoms with Crippen LogP contribution in [0.1, 0.15) is 25.8 Å². The zero-order valence-electron chi connectivity index (χ0n) is 20.8. The van der Waals surface area contributed by atoms with E-state index >= 15 is 8.78 Å². The van der Waals surface area contributed by atoms with Gasteiger partial charge in [-0.1, -0.05) is 6.07 Å². The Kier molecular flexibility index (Phi) is 7.09. The van der Waals surface area contributed by atoms with Crippen LogP contribution >= 0.6 is 0 Å². The fourth-order valence-electron chi connectivity index (χ4n) is 4.14. The Morgan fingerprint density at radius 3 is 2.68 bits per heavy atom. The highest BCUT2D eigenvalue weighted by Crippen LogP contribution is 2.39. The van der Waals surface area contributed by atoms with Gasteiger partial charge >= 0.3 is 0 Å². The molecule has 194 valence electrons. The van der Waals surface area contributed by atoms with Crippen molar-refractivity contribution in [1.29, 1.82) is 5.26 Å². The summed E-state index contributed by atoms with van der Waals surface area (Å²) in [4.78, 5) is 11.6. The number of pyridine rings is 1. The Balaban J connectivity index is 1.45. The van der Waals surface area contributed by atoms with E-state index in [-0.39, 0.29) is 24.1 Å². The molecule has 10 heteroatoms. The highest BCUT2D eigenvalue weighted by atomic mass is 19.1. The molecule has 0 fully saturated rings. The number of ether oxygens (including phenoxy) is 3. The second-order valence-corrected chi connectivity index (χ2v) is 8.93. The first-order valence-electron chi connectivity index (χ1n) is 12.2. The first-order chi connectivity index (χ1) is 18.4. The van der Waals surface area contributed by atoms with Crippen molar-refractivity contribution in [1.82, 2.24) is 9.97 Å². The molecule has 8 nitrogen and oxygen atoms in total. The summed E-state index contributed by atoms with van der Waals surface area (Å²) in [7, 11) is 0. The van der Waals surface area contributed by atoms with Crippen molar-refractivity contribution >= 4 is 22.6 Å². The molecule has 0 radical (unpaired) electrons. The molecule has 0 unspecified atom stereocenters. The van der Waals surface area contributed by atoms with Crippen LogP contribution in [0.2, 0.25) is 0 Å². The molecule has 0 aliphatic carbocycles. The number of nitrogens with zero attached hydrogens (tertiary/aromatic N) is 3. The molecule has 0 amide bonds. The molecule has 1 aliphatic rings. The molecule has 0 spiro atoms. The number of nitriles is 1. The van der Waals surface area contributed by atoms with Gasteiger partial charge in [0.15, 0.2) is 17.4 Å². The number of anilines is 1. The monoisotopic (exact) mass is 517 g/mol. The third kappa shape index (κ3) is 5.22. The maximum absolute atomic E-state index is 15.0. The lowest BCUT2D eigenvalue weighted by Crippen LogP contribution is -2.22. The van der Waals surface area contributed by atoms with Crippen molar-refractivity contribution < 1.29 is 23.0 Å². The summed E-state index contributed by atoms with van der Waals surface area (Å²) in [5.74, 6) is -1.11. The third-order valence-electron chi connectivity index (χ3n) is 5.82. The molecule has 2 aromatic carbocycles. The van der Waals surface area contributed by atoms with Crippen molar-refractivity contribution in [3.63, 3.8) is 0 Å². The van der Waals surface area contributed by atoms with E-state index in [4.69, 9.17) is 14.2 Å². The molecule has 0 saturated carbocycles. The predicted molar refractivity (Wildman–Crippen MR) is 140 cm³/mol. The number of H-pyrrole nitrogens is 1.